The summed E-state index contributed by atoms with van der Waals surface area (Å²) in [5.74, 6) is 2.22. The molecule has 0 aliphatic heterocycles. The molecule has 0 spiro atoms. The maximum Gasteiger partial charge on any atom is 0.0601 e. The van der Waals surface area contributed by atoms with E-state index in [0.29, 0.717) is 18.8 Å². The topological polar surface area (TPSA) is 41.5 Å². The minimum Gasteiger partial charge on any atom is -0.396 e. The van der Waals surface area contributed by atoms with Gasteiger partial charge in [-0.05, 0) is 25.0 Å². The Bertz CT molecular complexity index is 140. The van der Waals surface area contributed by atoms with Crippen LogP contribution < -0.4 is 5.32 Å². The zero-order valence-corrected chi connectivity index (χ0v) is 9.68. The number of aliphatic hydroxyl groups is 1. The molecule has 3 nitrogen and oxygen atoms in total. The van der Waals surface area contributed by atoms with Gasteiger partial charge in [-0.25, -0.2) is 0 Å². The second-order valence-corrected chi connectivity index (χ2v) is 4.89. The van der Waals surface area contributed by atoms with E-state index in [1.807, 2.05) is 11.8 Å². The molecular weight excluding hydrogens is 198 g/mol. The number of nitrogens with one attached hydrogen (secondary N) is 1. The van der Waals surface area contributed by atoms with E-state index < -0.39 is 0 Å². The van der Waals surface area contributed by atoms with Crippen molar-refractivity contribution in [2.45, 2.75) is 31.4 Å². The van der Waals surface area contributed by atoms with Crippen LogP contribution in [0.25, 0.3) is 0 Å². The quantitative estimate of drug-likeness (QED) is 0.594. The van der Waals surface area contributed by atoms with Gasteiger partial charge in [0.2, 0.25) is 0 Å². The molecule has 0 saturated heterocycles. The summed E-state index contributed by atoms with van der Waals surface area (Å²) in [6.07, 6.45) is 3.74. The van der Waals surface area contributed by atoms with Crippen LogP contribution in [0.3, 0.4) is 0 Å². The Morgan fingerprint density at radius 2 is 2.21 bits per heavy atom. The Morgan fingerprint density at radius 1 is 1.43 bits per heavy atom. The molecular formula is C10H21NO2S. The van der Waals surface area contributed by atoms with E-state index in [4.69, 9.17) is 9.84 Å². The second-order valence-electron chi connectivity index (χ2n) is 3.67. The van der Waals surface area contributed by atoms with E-state index in [1.165, 1.54) is 0 Å². The van der Waals surface area contributed by atoms with Crippen molar-refractivity contribution in [3.63, 3.8) is 0 Å². The van der Waals surface area contributed by atoms with Crippen LogP contribution in [0.2, 0.25) is 0 Å². The zero-order chi connectivity index (χ0) is 10.2. The average Bonchev–Trinajstić information content (AvgIpc) is 2.14. The molecule has 0 bridgehead atoms. The number of aliphatic hydroxyl groups excluding tert-OH is 1. The lowest BCUT2D eigenvalue weighted by Crippen LogP contribution is -2.45. The monoisotopic (exact) mass is 219 g/mol. The van der Waals surface area contributed by atoms with E-state index >= 15 is 0 Å². The van der Waals surface area contributed by atoms with Crippen molar-refractivity contribution < 1.29 is 9.84 Å². The molecule has 0 amide bonds. The molecule has 14 heavy (non-hydrogen) atoms. The Balaban J connectivity index is 1.77. The predicted molar refractivity (Wildman–Crippen MR) is 60.8 cm³/mol. The lowest BCUT2D eigenvalue weighted by atomic mass is 9.89. The molecule has 0 atom stereocenters. The largest absolute Gasteiger partial charge is 0.396 e. The van der Waals surface area contributed by atoms with Gasteiger partial charge in [-0.2, -0.15) is 11.8 Å². The van der Waals surface area contributed by atoms with E-state index in [-0.39, 0.29) is 0 Å². The minimum atomic E-state index is 0.318. The summed E-state index contributed by atoms with van der Waals surface area (Å²) in [6, 6.07) is 0.679. The molecule has 2 N–H and O–H groups in total. The summed E-state index contributed by atoms with van der Waals surface area (Å²) in [5, 5.41) is 12.1. The van der Waals surface area contributed by atoms with Gasteiger partial charge in [-0.3, -0.25) is 0 Å². The van der Waals surface area contributed by atoms with Crippen LogP contribution in [0, 0.1) is 0 Å². The molecule has 0 radical (unpaired) electrons. The Morgan fingerprint density at radius 3 is 2.86 bits per heavy atom. The smallest absolute Gasteiger partial charge is 0.0601 e. The first-order valence-corrected chi connectivity index (χ1v) is 6.47. The molecule has 84 valence electrons. The van der Waals surface area contributed by atoms with Gasteiger partial charge in [-0.1, -0.05) is 0 Å². The average molecular weight is 219 g/mol. The lowest BCUT2D eigenvalue weighted by Gasteiger charge is -2.34. The highest BCUT2D eigenvalue weighted by atomic mass is 32.2. The number of methoxy groups -OCH3 is 1. The van der Waals surface area contributed by atoms with Crippen LogP contribution in [0.5, 0.6) is 0 Å². The fourth-order valence-electron chi connectivity index (χ4n) is 1.53. The third-order valence-corrected chi connectivity index (χ3v) is 3.62. The second kappa shape index (κ2) is 7.51. The number of hydrogen-bond acceptors (Lipinski definition) is 4. The maximum atomic E-state index is 8.57. The van der Waals surface area contributed by atoms with Gasteiger partial charge in [0.15, 0.2) is 0 Å². The maximum absolute atomic E-state index is 8.57. The van der Waals surface area contributed by atoms with Gasteiger partial charge in [0.25, 0.3) is 0 Å². The van der Waals surface area contributed by atoms with Gasteiger partial charge in [-0.15, -0.1) is 0 Å². The summed E-state index contributed by atoms with van der Waals surface area (Å²) in [5.41, 5.74) is 0. The van der Waals surface area contributed by atoms with Crippen LogP contribution in [-0.2, 0) is 4.74 Å². The van der Waals surface area contributed by atoms with Crippen molar-refractivity contribution in [2.24, 2.45) is 0 Å². The Labute approximate surface area is 90.6 Å². The van der Waals surface area contributed by atoms with Gasteiger partial charge in [0, 0.05) is 32.1 Å². The third-order valence-electron chi connectivity index (χ3n) is 2.55. The van der Waals surface area contributed by atoms with Crippen LogP contribution in [0.15, 0.2) is 0 Å². The molecule has 0 aromatic heterocycles. The fraction of sp³-hybridized carbons (Fsp3) is 1.00. The highest BCUT2D eigenvalue weighted by Crippen LogP contribution is 2.22. The first kappa shape index (κ1) is 12.3. The van der Waals surface area contributed by atoms with E-state index in [1.54, 1.807) is 7.11 Å². The number of thioether (sulfide) groups is 1. The van der Waals surface area contributed by atoms with Crippen molar-refractivity contribution in [3.8, 4) is 0 Å². The first-order chi connectivity index (χ1) is 6.86. The highest BCUT2D eigenvalue weighted by Gasteiger charge is 2.27. The van der Waals surface area contributed by atoms with Gasteiger partial charge in [0.05, 0.1) is 6.10 Å². The fourth-order valence-corrected chi connectivity index (χ4v) is 2.33. The van der Waals surface area contributed by atoms with Crippen molar-refractivity contribution in [2.75, 3.05) is 31.8 Å². The standard InChI is InChI=1S/C10H21NO2S/c1-13-10-7-9(8-10)11-3-6-14-5-2-4-12/h9-12H,2-8H2,1H3. The minimum absolute atomic E-state index is 0.318. The number of hydrogen-bond donors (Lipinski definition) is 2. The van der Waals surface area contributed by atoms with E-state index in [0.717, 1.165) is 37.3 Å². The molecule has 1 aliphatic carbocycles. The Hall–Kier alpha value is 0.230. The molecule has 0 heterocycles. The first-order valence-electron chi connectivity index (χ1n) is 5.31. The number of rotatable bonds is 8. The van der Waals surface area contributed by atoms with Crippen LogP contribution >= 0.6 is 11.8 Å². The van der Waals surface area contributed by atoms with E-state index in [2.05, 4.69) is 5.32 Å². The molecule has 0 aromatic rings. The molecule has 0 unspecified atom stereocenters. The van der Waals surface area contributed by atoms with Crippen molar-refractivity contribution in [1.29, 1.82) is 0 Å². The molecule has 4 heteroatoms. The molecule has 1 saturated carbocycles. The van der Waals surface area contributed by atoms with Gasteiger partial charge >= 0.3 is 0 Å². The zero-order valence-electron chi connectivity index (χ0n) is 8.87. The van der Waals surface area contributed by atoms with Gasteiger partial charge in [0.1, 0.15) is 0 Å². The molecule has 0 aromatic carbocycles. The SMILES string of the molecule is COC1CC(NCCSCCCO)C1. The van der Waals surface area contributed by atoms with Crippen molar-refractivity contribution in [1.82, 2.24) is 5.32 Å². The van der Waals surface area contributed by atoms with Crippen molar-refractivity contribution in [3.05, 3.63) is 0 Å². The summed E-state index contributed by atoms with van der Waals surface area (Å²) in [6.45, 7) is 1.40. The number of ether oxygens (including phenoxy) is 1. The van der Waals surface area contributed by atoms with Crippen molar-refractivity contribution >= 4 is 11.8 Å². The van der Waals surface area contributed by atoms with Crippen LogP contribution in [0.4, 0.5) is 0 Å². The van der Waals surface area contributed by atoms with Crippen LogP contribution in [-0.4, -0.2) is 49.0 Å². The normalized spacial score (nSPS) is 26.1. The van der Waals surface area contributed by atoms with E-state index in [9.17, 15) is 0 Å². The van der Waals surface area contributed by atoms with Gasteiger partial charge < -0.3 is 15.2 Å². The highest BCUT2D eigenvalue weighted by molar-refractivity contribution is 7.99. The predicted octanol–water partition coefficient (Wildman–Crippen LogP) is 0.869. The summed E-state index contributed by atoms with van der Waals surface area (Å²) in [4.78, 5) is 0. The summed E-state index contributed by atoms with van der Waals surface area (Å²) >= 11 is 1.91. The molecule has 1 rings (SSSR count). The molecule has 1 aliphatic rings. The third kappa shape index (κ3) is 4.64. The Kier molecular flexibility index (Phi) is 6.60. The van der Waals surface area contributed by atoms with Crippen LogP contribution in [0.1, 0.15) is 19.3 Å². The molecule has 1 fully saturated rings. The summed E-state index contributed by atoms with van der Waals surface area (Å²) in [7, 11) is 1.78. The summed E-state index contributed by atoms with van der Waals surface area (Å²) < 4.78 is 5.20. The lowest BCUT2D eigenvalue weighted by molar-refractivity contribution is 0.0181.